The van der Waals surface area contributed by atoms with Crippen LogP contribution >= 0.6 is 0 Å². The Bertz CT molecular complexity index is 1040. The van der Waals surface area contributed by atoms with Gasteiger partial charge in [-0.1, -0.05) is 12.1 Å². The Balaban J connectivity index is 1.74. The van der Waals surface area contributed by atoms with Crippen LogP contribution in [0.3, 0.4) is 0 Å². The lowest BCUT2D eigenvalue weighted by Crippen LogP contribution is -2.35. The van der Waals surface area contributed by atoms with Crippen LogP contribution in [0.25, 0.3) is 0 Å². The van der Waals surface area contributed by atoms with Crippen LogP contribution in [0.15, 0.2) is 61.2 Å². The second-order valence-corrected chi connectivity index (χ2v) is 7.00. The Hall–Kier alpha value is -4.08. The molecule has 2 amide bonds. The first kappa shape index (κ1) is 22.6. The Morgan fingerprint density at radius 1 is 1.19 bits per heavy atom. The monoisotopic (exact) mass is 439 g/mol. The minimum absolute atomic E-state index is 0.00725. The molecule has 0 saturated heterocycles. The van der Waals surface area contributed by atoms with Gasteiger partial charge in [0.25, 0.3) is 5.69 Å². The molecule has 0 bridgehead atoms. The highest BCUT2D eigenvalue weighted by molar-refractivity contribution is 5.91. The number of aromatic nitrogens is 2. The third-order valence-corrected chi connectivity index (χ3v) is 4.86. The van der Waals surface area contributed by atoms with E-state index in [1.807, 2.05) is 10.8 Å². The number of urea groups is 1. The van der Waals surface area contributed by atoms with Gasteiger partial charge in [0.1, 0.15) is 11.5 Å². The van der Waals surface area contributed by atoms with Crippen molar-refractivity contribution in [3.05, 3.63) is 76.9 Å². The summed E-state index contributed by atoms with van der Waals surface area (Å²) in [6.45, 7) is 1.47. The van der Waals surface area contributed by atoms with Crippen LogP contribution < -0.4 is 14.8 Å². The summed E-state index contributed by atoms with van der Waals surface area (Å²) in [5.41, 5.74) is 1.31. The molecule has 2 aromatic carbocycles. The van der Waals surface area contributed by atoms with Gasteiger partial charge in [0.2, 0.25) is 0 Å². The van der Waals surface area contributed by atoms with Crippen molar-refractivity contribution < 1.29 is 19.2 Å². The van der Waals surface area contributed by atoms with Gasteiger partial charge in [0, 0.05) is 50.2 Å². The fourth-order valence-electron chi connectivity index (χ4n) is 3.16. The first-order chi connectivity index (χ1) is 15.5. The lowest BCUT2D eigenvalue weighted by Gasteiger charge is -2.24. The smallest absolute Gasteiger partial charge is 0.322 e. The number of hydrogen-bond donors (Lipinski definition) is 1. The fraction of sp³-hybridized carbons (Fsp3) is 0.273. The van der Waals surface area contributed by atoms with E-state index in [9.17, 15) is 14.9 Å². The summed E-state index contributed by atoms with van der Waals surface area (Å²) in [7, 11) is 3.07. The quantitative estimate of drug-likeness (QED) is 0.378. The molecular weight excluding hydrogens is 414 g/mol. The highest BCUT2D eigenvalue weighted by atomic mass is 16.6. The van der Waals surface area contributed by atoms with Crippen molar-refractivity contribution in [1.82, 2.24) is 14.5 Å². The molecule has 10 heteroatoms. The summed E-state index contributed by atoms with van der Waals surface area (Å²) in [5.74, 6) is 1.09. The van der Waals surface area contributed by atoms with Gasteiger partial charge in [0.05, 0.1) is 31.2 Å². The zero-order valence-corrected chi connectivity index (χ0v) is 17.9. The number of aryl methyl sites for hydroxylation is 1. The Morgan fingerprint density at radius 2 is 1.97 bits per heavy atom. The van der Waals surface area contributed by atoms with Gasteiger partial charge >= 0.3 is 6.03 Å². The molecule has 0 spiro atoms. The van der Waals surface area contributed by atoms with Crippen molar-refractivity contribution >= 4 is 17.4 Å². The predicted molar refractivity (Wildman–Crippen MR) is 119 cm³/mol. The SMILES string of the molecule is COc1ccc(NC(=O)N(CCCn2ccnc2)Cc2ccc([N+](=O)[O-])cc2)c(OC)c1. The van der Waals surface area contributed by atoms with Crippen molar-refractivity contribution in [2.24, 2.45) is 0 Å². The molecule has 32 heavy (non-hydrogen) atoms. The van der Waals surface area contributed by atoms with Gasteiger partial charge < -0.3 is 24.3 Å². The number of non-ortho nitro benzene ring substituents is 1. The molecule has 1 aromatic heterocycles. The topological polar surface area (TPSA) is 112 Å². The number of benzene rings is 2. The molecular formula is C22H25N5O5. The number of nitrogens with one attached hydrogen (secondary N) is 1. The molecule has 168 valence electrons. The van der Waals surface area contributed by atoms with Crippen LogP contribution in [0, 0.1) is 10.1 Å². The second-order valence-electron chi connectivity index (χ2n) is 7.00. The molecule has 0 saturated carbocycles. The molecule has 10 nitrogen and oxygen atoms in total. The van der Waals surface area contributed by atoms with Gasteiger partial charge in [-0.3, -0.25) is 10.1 Å². The number of nitro groups is 1. The number of nitrogens with zero attached hydrogens (tertiary/aromatic N) is 4. The van der Waals surface area contributed by atoms with E-state index in [1.54, 1.807) is 54.9 Å². The standard InChI is InChI=1S/C22H25N5O5/c1-31-19-8-9-20(21(14-19)32-2)24-22(28)26(12-3-11-25-13-10-23-16-25)15-17-4-6-18(7-5-17)27(29)30/h4-10,13-14,16H,3,11-12,15H2,1-2H3,(H,24,28). The number of amides is 2. The van der Waals surface area contributed by atoms with E-state index >= 15 is 0 Å². The summed E-state index contributed by atoms with van der Waals surface area (Å²) >= 11 is 0. The van der Waals surface area contributed by atoms with E-state index in [0.29, 0.717) is 43.2 Å². The Morgan fingerprint density at radius 3 is 2.59 bits per heavy atom. The number of carbonyl (C=O) groups is 1. The predicted octanol–water partition coefficient (Wildman–Crippen LogP) is 3.93. The molecule has 0 aliphatic heterocycles. The highest BCUT2D eigenvalue weighted by Crippen LogP contribution is 2.29. The Kier molecular flexibility index (Phi) is 7.63. The minimum Gasteiger partial charge on any atom is -0.497 e. The largest absolute Gasteiger partial charge is 0.497 e. The highest BCUT2D eigenvalue weighted by Gasteiger charge is 2.17. The van der Waals surface area contributed by atoms with Crippen LogP contribution in [0.4, 0.5) is 16.2 Å². The maximum absolute atomic E-state index is 13.1. The van der Waals surface area contributed by atoms with Crippen LogP contribution in [0.2, 0.25) is 0 Å². The zero-order valence-electron chi connectivity index (χ0n) is 17.9. The molecule has 3 rings (SSSR count). The molecule has 0 unspecified atom stereocenters. The zero-order chi connectivity index (χ0) is 22.9. The normalized spacial score (nSPS) is 10.4. The summed E-state index contributed by atoms with van der Waals surface area (Å²) in [5, 5.41) is 13.8. The molecule has 0 aliphatic carbocycles. The lowest BCUT2D eigenvalue weighted by molar-refractivity contribution is -0.384. The van der Waals surface area contributed by atoms with Gasteiger partial charge in [-0.05, 0) is 24.1 Å². The molecule has 1 heterocycles. The number of ether oxygens (including phenoxy) is 2. The van der Waals surface area contributed by atoms with E-state index in [4.69, 9.17) is 9.47 Å². The van der Waals surface area contributed by atoms with E-state index in [-0.39, 0.29) is 11.7 Å². The van der Waals surface area contributed by atoms with Crippen LogP contribution in [-0.4, -0.2) is 46.2 Å². The number of anilines is 1. The van der Waals surface area contributed by atoms with Crippen molar-refractivity contribution in [2.45, 2.75) is 19.5 Å². The lowest BCUT2D eigenvalue weighted by atomic mass is 10.2. The molecule has 3 aromatic rings. The second kappa shape index (κ2) is 10.8. The summed E-state index contributed by atoms with van der Waals surface area (Å²) in [6.07, 6.45) is 6.00. The molecule has 0 atom stereocenters. The van der Waals surface area contributed by atoms with E-state index in [2.05, 4.69) is 10.3 Å². The molecule has 1 N–H and O–H groups in total. The number of carbonyl (C=O) groups excluding carboxylic acids is 1. The number of hydrogen-bond acceptors (Lipinski definition) is 6. The van der Waals surface area contributed by atoms with Crippen molar-refractivity contribution in [1.29, 1.82) is 0 Å². The van der Waals surface area contributed by atoms with Gasteiger partial charge in [0.15, 0.2) is 0 Å². The summed E-state index contributed by atoms with van der Waals surface area (Å²) in [4.78, 5) is 29.2. The van der Waals surface area contributed by atoms with Gasteiger partial charge in [-0.15, -0.1) is 0 Å². The average Bonchev–Trinajstić information content (AvgIpc) is 3.32. The fourth-order valence-corrected chi connectivity index (χ4v) is 3.16. The minimum atomic E-state index is -0.449. The van der Waals surface area contributed by atoms with Crippen LogP contribution in [0.1, 0.15) is 12.0 Å². The van der Waals surface area contributed by atoms with Crippen LogP contribution in [-0.2, 0) is 13.1 Å². The van der Waals surface area contributed by atoms with Crippen molar-refractivity contribution in [3.63, 3.8) is 0 Å². The number of methoxy groups -OCH3 is 2. The van der Waals surface area contributed by atoms with Crippen molar-refractivity contribution in [3.8, 4) is 11.5 Å². The maximum atomic E-state index is 13.1. The van der Waals surface area contributed by atoms with E-state index in [0.717, 1.165) is 5.56 Å². The molecule has 0 aliphatic rings. The van der Waals surface area contributed by atoms with Crippen LogP contribution in [0.5, 0.6) is 11.5 Å². The first-order valence-electron chi connectivity index (χ1n) is 9.97. The first-order valence-corrected chi connectivity index (χ1v) is 9.97. The molecule has 0 fully saturated rings. The summed E-state index contributed by atoms with van der Waals surface area (Å²) in [6, 6.07) is 11.0. The maximum Gasteiger partial charge on any atom is 0.322 e. The number of imidazole rings is 1. The summed E-state index contributed by atoms with van der Waals surface area (Å²) < 4.78 is 12.5. The van der Waals surface area contributed by atoms with E-state index < -0.39 is 4.92 Å². The van der Waals surface area contributed by atoms with Crippen molar-refractivity contribution in [2.75, 3.05) is 26.1 Å². The van der Waals surface area contributed by atoms with E-state index in [1.165, 1.54) is 19.2 Å². The Labute approximate surface area is 185 Å². The number of rotatable bonds is 10. The average molecular weight is 439 g/mol. The number of nitro benzene ring substituents is 1. The molecule has 0 radical (unpaired) electrons. The van der Waals surface area contributed by atoms with Gasteiger partial charge in [-0.25, -0.2) is 9.78 Å². The third-order valence-electron chi connectivity index (χ3n) is 4.86. The van der Waals surface area contributed by atoms with Gasteiger partial charge in [-0.2, -0.15) is 0 Å². The third kappa shape index (κ3) is 5.97.